The smallest absolute Gasteiger partial charge is 0.397 e. The Morgan fingerprint density at radius 3 is 1.62 bits per heavy atom. The normalized spacial score (nSPS) is 20.5. The van der Waals surface area contributed by atoms with Crippen LogP contribution in [0, 0.1) is 0 Å². The summed E-state index contributed by atoms with van der Waals surface area (Å²) in [5.41, 5.74) is 0. The van der Waals surface area contributed by atoms with E-state index in [4.69, 9.17) is 18.9 Å². The molecule has 1 rings (SSSR count). The van der Waals surface area contributed by atoms with E-state index in [9.17, 15) is 33.1 Å². The van der Waals surface area contributed by atoms with Crippen molar-refractivity contribution < 1.29 is 56.2 Å². The summed E-state index contributed by atoms with van der Waals surface area (Å²) in [7, 11) is -5.07. The van der Waals surface area contributed by atoms with Gasteiger partial charge in [-0.2, -0.15) is 8.42 Å². The molecule has 364 valence electrons. The van der Waals surface area contributed by atoms with E-state index in [2.05, 4.69) is 90.9 Å². The van der Waals surface area contributed by atoms with Gasteiger partial charge in [0.1, 0.15) is 30.5 Å². The predicted octanol–water partition coefficient (Wildman–Crippen LogP) is 10.7. The Morgan fingerprint density at radius 1 is 0.619 bits per heavy atom. The minimum absolute atomic E-state index is 0.00153. The van der Waals surface area contributed by atoms with Crippen molar-refractivity contribution in [1.29, 1.82) is 0 Å². The molecule has 0 aliphatic carbocycles. The van der Waals surface area contributed by atoms with Crippen molar-refractivity contribution in [1.82, 2.24) is 0 Å². The molecule has 1 saturated heterocycles. The minimum Gasteiger partial charge on any atom is -0.457 e. The first-order valence-corrected chi connectivity index (χ1v) is 25.6. The summed E-state index contributed by atoms with van der Waals surface area (Å²) < 4.78 is 59.1. The molecule has 12 nitrogen and oxygen atoms in total. The van der Waals surface area contributed by atoms with Crippen LogP contribution in [0.4, 0.5) is 0 Å². The zero-order valence-corrected chi connectivity index (χ0v) is 39.7. The number of unbranched alkanes of at least 4 members (excludes halogenated alkanes) is 16. The first-order valence-electron chi connectivity index (χ1n) is 24.2. The Balaban J connectivity index is 2.44. The van der Waals surface area contributed by atoms with E-state index in [1.54, 1.807) is 0 Å². The van der Waals surface area contributed by atoms with Crippen molar-refractivity contribution in [2.75, 3.05) is 26.4 Å². The number of esters is 1. The molecule has 0 aromatic rings. The van der Waals surface area contributed by atoms with Gasteiger partial charge in [0.15, 0.2) is 6.29 Å². The highest BCUT2D eigenvalue weighted by Gasteiger charge is 2.48. The average Bonchev–Trinajstić information content (AvgIpc) is 3.26. The lowest BCUT2D eigenvalue weighted by Gasteiger charge is -2.41. The minimum atomic E-state index is -5.07. The van der Waals surface area contributed by atoms with Gasteiger partial charge < -0.3 is 34.3 Å². The summed E-state index contributed by atoms with van der Waals surface area (Å²) in [6, 6.07) is 0. The summed E-state index contributed by atoms with van der Waals surface area (Å²) in [4.78, 5) is 12.9. The molecule has 0 spiro atoms. The van der Waals surface area contributed by atoms with E-state index in [1.807, 2.05) is 0 Å². The molecular weight excluding hydrogens is 825 g/mol. The van der Waals surface area contributed by atoms with Crippen LogP contribution in [-0.2, 0) is 38.3 Å². The van der Waals surface area contributed by atoms with E-state index < -0.39 is 59.8 Å². The first kappa shape index (κ1) is 58.6. The van der Waals surface area contributed by atoms with Gasteiger partial charge in [-0.25, -0.2) is 4.18 Å². The molecule has 0 saturated carbocycles. The summed E-state index contributed by atoms with van der Waals surface area (Å²) in [5.74, 6) is -0.421. The second kappa shape index (κ2) is 41.0. The lowest BCUT2D eigenvalue weighted by molar-refractivity contribution is -0.301. The van der Waals surface area contributed by atoms with Crippen molar-refractivity contribution in [2.45, 2.75) is 211 Å². The number of hydrogen-bond acceptors (Lipinski definition) is 11. The molecule has 6 unspecified atom stereocenters. The Bertz CT molecular complexity index is 1370. The average molecular weight is 911 g/mol. The van der Waals surface area contributed by atoms with Gasteiger partial charge in [0.25, 0.3) is 0 Å². The van der Waals surface area contributed by atoms with Crippen LogP contribution >= 0.6 is 0 Å². The van der Waals surface area contributed by atoms with Crippen molar-refractivity contribution in [3.63, 3.8) is 0 Å². The molecule has 0 aromatic heterocycles. The molecule has 13 heteroatoms. The SMILES string of the molecule is CC/C=C\C/C=C\C/C=C\C/C=C\C/C=C\CCCCOCC(COC1OC(CO)C(O)C(OS(=O)(=O)O)C1O)OC(=O)CCCCCCCCC/C=C\CCCCCCCCC. The summed E-state index contributed by atoms with van der Waals surface area (Å²) in [5, 5.41) is 30.7. The van der Waals surface area contributed by atoms with Crippen LogP contribution in [-0.4, -0.2) is 97.5 Å². The van der Waals surface area contributed by atoms with Crippen molar-refractivity contribution in [2.24, 2.45) is 0 Å². The fourth-order valence-electron chi connectivity index (χ4n) is 6.93. The second-order valence-corrected chi connectivity index (χ2v) is 17.4. The van der Waals surface area contributed by atoms with Gasteiger partial charge >= 0.3 is 16.4 Å². The van der Waals surface area contributed by atoms with Crippen LogP contribution in [0.1, 0.15) is 174 Å². The number of carbonyl (C=O) groups is 1. The third-order valence-corrected chi connectivity index (χ3v) is 11.0. The molecule has 0 bridgehead atoms. The van der Waals surface area contributed by atoms with Gasteiger partial charge in [0.2, 0.25) is 0 Å². The summed E-state index contributed by atoms with van der Waals surface area (Å²) in [6.07, 6.45) is 43.6. The third kappa shape index (κ3) is 34.5. The van der Waals surface area contributed by atoms with Gasteiger partial charge in [0.05, 0.1) is 19.8 Å². The largest absolute Gasteiger partial charge is 0.457 e. The van der Waals surface area contributed by atoms with E-state index in [0.29, 0.717) is 13.0 Å². The summed E-state index contributed by atoms with van der Waals surface area (Å²) in [6.45, 7) is 3.76. The molecular formula is C50H86O12S. The Kier molecular flexibility index (Phi) is 38.1. The fraction of sp³-hybridized carbons (Fsp3) is 0.740. The van der Waals surface area contributed by atoms with Crippen molar-refractivity contribution >= 4 is 16.4 Å². The van der Waals surface area contributed by atoms with E-state index >= 15 is 0 Å². The van der Waals surface area contributed by atoms with Gasteiger partial charge in [-0.1, -0.05) is 157 Å². The van der Waals surface area contributed by atoms with E-state index in [1.165, 1.54) is 70.6 Å². The molecule has 0 amide bonds. The summed E-state index contributed by atoms with van der Waals surface area (Å²) >= 11 is 0. The molecule has 1 fully saturated rings. The molecule has 1 heterocycles. The highest BCUT2D eigenvalue weighted by Crippen LogP contribution is 2.26. The molecule has 4 N–H and O–H groups in total. The van der Waals surface area contributed by atoms with Crippen molar-refractivity contribution in [3.8, 4) is 0 Å². The van der Waals surface area contributed by atoms with Gasteiger partial charge in [0, 0.05) is 13.0 Å². The van der Waals surface area contributed by atoms with Crippen LogP contribution in [0.5, 0.6) is 0 Å². The number of carbonyl (C=O) groups excluding carboxylic acids is 1. The van der Waals surface area contributed by atoms with Crippen LogP contribution in [0.3, 0.4) is 0 Å². The van der Waals surface area contributed by atoms with Crippen LogP contribution in [0.25, 0.3) is 0 Å². The second-order valence-electron chi connectivity index (χ2n) is 16.3. The molecule has 1 aliphatic heterocycles. The van der Waals surface area contributed by atoms with E-state index in [-0.39, 0.29) is 19.6 Å². The Hall–Kier alpha value is -2.46. The van der Waals surface area contributed by atoms with Gasteiger partial charge in [-0.3, -0.25) is 9.35 Å². The lowest BCUT2D eigenvalue weighted by atomic mass is 9.99. The number of allylic oxidation sites excluding steroid dienone is 12. The topological polar surface area (TPSA) is 178 Å². The highest BCUT2D eigenvalue weighted by atomic mass is 32.3. The number of hydrogen-bond donors (Lipinski definition) is 4. The number of rotatable bonds is 41. The van der Waals surface area contributed by atoms with Crippen LogP contribution in [0.15, 0.2) is 72.9 Å². The van der Waals surface area contributed by atoms with Crippen LogP contribution in [0.2, 0.25) is 0 Å². The first-order chi connectivity index (χ1) is 30.6. The fourth-order valence-corrected chi connectivity index (χ4v) is 7.44. The lowest BCUT2D eigenvalue weighted by Crippen LogP contribution is -2.60. The number of ether oxygens (including phenoxy) is 4. The standard InChI is InChI=1S/C50H86O12S/c1-3-5-7-9-11-13-15-17-19-21-23-25-27-29-31-33-35-37-39-46(52)60-44(43-59-50-48(54)49(62-63(55,56)57)47(53)45(41-51)61-50)42-58-40-38-36-34-32-30-28-26-24-22-20-18-16-14-12-10-8-6-4-2/h6,8,12,14,18-21,24,26,30,32,44-45,47-51,53-54H,3-5,7,9-11,13,15-17,22-23,25,27-29,31,33-43H2,1-2H3,(H,55,56,57)/b8-6-,14-12-,20-18-,21-19-,26-24-,32-30-. The van der Waals surface area contributed by atoms with Crippen LogP contribution < -0.4 is 0 Å². The maximum atomic E-state index is 12.9. The molecule has 6 atom stereocenters. The maximum absolute atomic E-state index is 12.9. The monoisotopic (exact) mass is 911 g/mol. The Morgan fingerprint density at radius 2 is 1.10 bits per heavy atom. The number of aliphatic hydroxyl groups excluding tert-OH is 3. The van der Waals surface area contributed by atoms with Crippen molar-refractivity contribution in [3.05, 3.63) is 72.9 Å². The highest BCUT2D eigenvalue weighted by molar-refractivity contribution is 7.80. The maximum Gasteiger partial charge on any atom is 0.397 e. The molecule has 63 heavy (non-hydrogen) atoms. The zero-order valence-electron chi connectivity index (χ0n) is 38.9. The van der Waals surface area contributed by atoms with E-state index in [0.717, 1.165) is 77.0 Å². The predicted molar refractivity (Wildman–Crippen MR) is 252 cm³/mol. The quantitative estimate of drug-likeness (QED) is 0.0198. The number of aliphatic hydroxyl groups is 3. The third-order valence-electron chi connectivity index (χ3n) is 10.6. The van der Waals surface area contributed by atoms with Gasteiger partial charge in [-0.05, 0) is 83.5 Å². The zero-order chi connectivity index (χ0) is 46.1. The molecule has 0 aromatic carbocycles. The Labute approximate surface area is 381 Å². The molecule has 1 aliphatic rings. The molecule has 0 radical (unpaired) electrons. The van der Waals surface area contributed by atoms with Gasteiger partial charge in [-0.15, -0.1) is 0 Å².